The Morgan fingerprint density at radius 3 is 2.82 bits per heavy atom. The third-order valence-electron chi connectivity index (χ3n) is 4.04. The predicted molar refractivity (Wildman–Crippen MR) is 85.4 cm³/mol. The Bertz CT molecular complexity index is 455. The maximum absolute atomic E-state index is 5.72. The van der Waals surface area contributed by atoms with E-state index in [-0.39, 0.29) is 6.10 Å². The van der Waals surface area contributed by atoms with Gasteiger partial charge in [0.2, 0.25) is 5.89 Å². The molecule has 0 aromatic carbocycles. The quantitative estimate of drug-likeness (QED) is 0.794. The molecule has 1 aliphatic rings. The van der Waals surface area contributed by atoms with Crippen LogP contribution in [0.1, 0.15) is 51.9 Å². The Labute approximate surface area is 133 Å². The van der Waals surface area contributed by atoms with E-state index >= 15 is 0 Å². The zero-order valence-corrected chi connectivity index (χ0v) is 14.6. The van der Waals surface area contributed by atoms with Gasteiger partial charge in [-0.3, -0.25) is 4.90 Å². The monoisotopic (exact) mass is 310 g/mol. The van der Waals surface area contributed by atoms with Gasteiger partial charge in [0.05, 0.1) is 6.54 Å². The topological polar surface area (TPSA) is 63.4 Å². The molecular formula is C16H30N4O2. The van der Waals surface area contributed by atoms with E-state index in [1.54, 1.807) is 0 Å². The lowest BCUT2D eigenvalue weighted by atomic mass is 9.89. The summed E-state index contributed by atoms with van der Waals surface area (Å²) in [5.74, 6) is 1.80. The van der Waals surface area contributed by atoms with Gasteiger partial charge >= 0.3 is 0 Å². The standard InChI is InChI=1S/C16H30N4O2/c1-12(2)9-21-13(3)15-18-14(22-19-15)8-20(5)11-16(4)6-7-17-10-16/h12-13,17H,6-11H2,1-5H3. The summed E-state index contributed by atoms with van der Waals surface area (Å²) < 4.78 is 11.1. The molecule has 2 unspecified atom stereocenters. The van der Waals surface area contributed by atoms with Crippen molar-refractivity contribution in [3.8, 4) is 0 Å². The first kappa shape index (κ1) is 17.4. The maximum Gasteiger partial charge on any atom is 0.240 e. The lowest BCUT2D eigenvalue weighted by Gasteiger charge is -2.28. The van der Waals surface area contributed by atoms with E-state index < -0.39 is 0 Å². The minimum absolute atomic E-state index is 0.123. The van der Waals surface area contributed by atoms with Crippen LogP contribution in [-0.4, -0.2) is 48.3 Å². The van der Waals surface area contributed by atoms with Crippen LogP contribution in [0.4, 0.5) is 0 Å². The Hall–Kier alpha value is -0.980. The molecule has 6 heteroatoms. The fraction of sp³-hybridized carbons (Fsp3) is 0.875. The van der Waals surface area contributed by atoms with Gasteiger partial charge in [0.1, 0.15) is 6.10 Å². The molecule has 1 aliphatic heterocycles. The van der Waals surface area contributed by atoms with Crippen LogP contribution in [0, 0.1) is 11.3 Å². The number of hydrogen-bond acceptors (Lipinski definition) is 6. The number of aromatic nitrogens is 2. The first-order valence-electron chi connectivity index (χ1n) is 8.21. The number of rotatable bonds is 8. The molecule has 0 aliphatic carbocycles. The molecule has 0 saturated carbocycles. The lowest BCUT2D eigenvalue weighted by Crippen LogP contribution is -2.34. The van der Waals surface area contributed by atoms with E-state index in [1.807, 2.05) is 6.92 Å². The van der Waals surface area contributed by atoms with E-state index in [4.69, 9.17) is 9.26 Å². The molecule has 1 aromatic rings. The predicted octanol–water partition coefficient (Wildman–Crippen LogP) is 2.23. The number of nitrogens with one attached hydrogen (secondary N) is 1. The Morgan fingerprint density at radius 2 is 2.18 bits per heavy atom. The third kappa shape index (κ3) is 5.04. The average molecular weight is 310 g/mol. The van der Waals surface area contributed by atoms with Crippen molar-refractivity contribution >= 4 is 0 Å². The SMILES string of the molecule is CC(C)COC(C)c1noc(CN(C)CC2(C)CCNC2)n1. The summed E-state index contributed by atoms with van der Waals surface area (Å²) >= 11 is 0. The van der Waals surface area contributed by atoms with Gasteiger partial charge in [0.25, 0.3) is 0 Å². The van der Waals surface area contributed by atoms with Crippen LogP contribution >= 0.6 is 0 Å². The van der Waals surface area contributed by atoms with Crippen molar-refractivity contribution in [3.05, 3.63) is 11.7 Å². The summed E-state index contributed by atoms with van der Waals surface area (Å²) in [5.41, 5.74) is 0.339. The Morgan fingerprint density at radius 1 is 1.41 bits per heavy atom. The molecule has 0 amide bonds. The highest BCUT2D eigenvalue weighted by atomic mass is 16.5. The lowest BCUT2D eigenvalue weighted by molar-refractivity contribution is 0.0402. The van der Waals surface area contributed by atoms with E-state index in [0.717, 1.165) is 19.6 Å². The van der Waals surface area contributed by atoms with Crippen molar-refractivity contribution in [3.63, 3.8) is 0 Å². The van der Waals surface area contributed by atoms with Gasteiger partial charge < -0.3 is 14.6 Å². The van der Waals surface area contributed by atoms with Crippen molar-refractivity contribution in [2.45, 2.75) is 46.8 Å². The normalized spacial score (nSPS) is 23.6. The van der Waals surface area contributed by atoms with E-state index in [0.29, 0.717) is 36.2 Å². The van der Waals surface area contributed by atoms with E-state index in [9.17, 15) is 0 Å². The van der Waals surface area contributed by atoms with Crippen LogP contribution < -0.4 is 5.32 Å². The number of ether oxygens (including phenoxy) is 1. The zero-order chi connectivity index (χ0) is 16.2. The van der Waals surface area contributed by atoms with E-state index in [2.05, 4.69) is 48.2 Å². The molecule has 1 N–H and O–H groups in total. The summed E-state index contributed by atoms with van der Waals surface area (Å²) in [6.45, 7) is 13.1. The van der Waals surface area contributed by atoms with Crippen LogP contribution in [0.25, 0.3) is 0 Å². The van der Waals surface area contributed by atoms with Crippen LogP contribution in [0.5, 0.6) is 0 Å². The van der Waals surface area contributed by atoms with Gasteiger partial charge in [-0.2, -0.15) is 4.98 Å². The van der Waals surface area contributed by atoms with E-state index in [1.165, 1.54) is 6.42 Å². The van der Waals surface area contributed by atoms with Gasteiger partial charge in [-0.15, -0.1) is 0 Å². The molecule has 1 fully saturated rings. The van der Waals surface area contributed by atoms with Gasteiger partial charge in [0, 0.05) is 19.7 Å². The molecule has 2 atom stereocenters. The van der Waals surface area contributed by atoms with Gasteiger partial charge in [-0.25, -0.2) is 0 Å². The maximum atomic E-state index is 5.72. The Balaban J connectivity index is 1.83. The largest absolute Gasteiger partial charge is 0.370 e. The van der Waals surface area contributed by atoms with Crippen LogP contribution in [0.2, 0.25) is 0 Å². The second-order valence-corrected chi connectivity index (χ2v) is 7.33. The summed E-state index contributed by atoms with van der Waals surface area (Å²) in [6.07, 6.45) is 1.09. The minimum atomic E-state index is -0.123. The fourth-order valence-corrected chi connectivity index (χ4v) is 2.85. The van der Waals surface area contributed by atoms with Crippen molar-refractivity contribution in [1.29, 1.82) is 0 Å². The number of nitrogens with zero attached hydrogens (tertiary/aromatic N) is 3. The minimum Gasteiger partial charge on any atom is -0.370 e. The molecule has 0 bridgehead atoms. The average Bonchev–Trinajstić information content (AvgIpc) is 3.05. The summed E-state index contributed by atoms with van der Waals surface area (Å²) in [4.78, 5) is 6.72. The molecule has 1 aromatic heterocycles. The summed E-state index contributed by atoms with van der Waals surface area (Å²) in [5, 5.41) is 7.48. The molecule has 0 spiro atoms. The van der Waals surface area contributed by atoms with Gasteiger partial charge in [-0.05, 0) is 38.3 Å². The second-order valence-electron chi connectivity index (χ2n) is 7.33. The molecule has 6 nitrogen and oxygen atoms in total. The Kier molecular flexibility index (Phi) is 5.94. The first-order valence-corrected chi connectivity index (χ1v) is 8.21. The summed E-state index contributed by atoms with van der Waals surface area (Å²) in [6, 6.07) is 0. The molecular weight excluding hydrogens is 280 g/mol. The second kappa shape index (κ2) is 7.53. The van der Waals surface area contributed by atoms with Gasteiger partial charge in [-0.1, -0.05) is 25.9 Å². The first-order chi connectivity index (χ1) is 10.4. The molecule has 2 heterocycles. The smallest absolute Gasteiger partial charge is 0.240 e. The van der Waals surface area contributed by atoms with Crippen LogP contribution in [0.15, 0.2) is 4.52 Å². The zero-order valence-electron chi connectivity index (χ0n) is 14.6. The van der Waals surface area contributed by atoms with Crippen LogP contribution in [-0.2, 0) is 11.3 Å². The van der Waals surface area contributed by atoms with Gasteiger partial charge in [0.15, 0.2) is 5.82 Å². The van der Waals surface area contributed by atoms with Crippen LogP contribution in [0.3, 0.4) is 0 Å². The third-order valence-corrected chi connectivity index (χ3v) is 4.04. The molecule has 0 radical (unpaired) electrons. The molecule has 126 valence electrons. The van der Waals surface area contributed by atoms with Crippen molar-refractivity contribution < 1.29 is 9.26 Å². The molecule has 1 saturated heterocycles. The number of hydrogen-bond donors (Lipinski definition) is 1. The van der Waals surface area contributed by atoms with Crippen molar-refractivity contribution in [2.24, 2.45) is 11.3 Å². The fourth-order valence-electron chi connectivity index (χ4n) is 2.85. The molecule has 22 heavy (non-hydrogen) atoms. The highest BCUT2D eigenvalue weighted by molar-refractivity contribution is 4.91. The molecule has 2 rings (SSSR count). The highest BCUT2D eigenvalue weighted by Gasteiger charge is 2.30. The van der Waals surface area contributed by atoms with Crippen molar-refractivity contribution in [2.75, 3.05) is 33.3 Å². The van der Waals surface area contributed by atoms with Crippen molar-refractivity contribution in [1.82, 2.24) is 20.4 Å². The highest BCUT2D eigenvalue weighted by Crippen LogP contribution is 2.25. The summed E-state index contributed by atoms with van der Waals surface area (Å²) in [7, 11) is 2.10.